The standard InChI is InChI=1S/C24H19ClN4O/c1-15-27-28-23-14-26-24(17-3-8-19(25)9-4-17)21-13-18(7-12-22(21)29(15)23)16-5-10-20(30-2)11-6-16/h3-13H,14H2,1-2H3. The number of methoxy groups -OCH3 is 1. The molecule has 6 heteroatoms. The van der Waals surface area contributed by atoms with Crippen molar-refractivity contribution in [2.75, 3.05) is 7.11 Å². The van der Waals surface area contributed by atoms with Crippen LogP contribution in [-0.4, -0.2) is 27.6 Å². The molecule has 0 saturated heterocycles. The smallest absolute Gasteiger partial charge is 0.159 e. The van der Waals surface area contributed by atoms with Gasteiger partial charge in [-0.3, -0.25) is 9.56 Å². The summed E-state index contributed by atoms with van der Waals surface area (Å²) in [5.74, 6) is 2.51. The number of hydrogen-bond acceptors (Lipinski definition) is 4. The highest BCUT2D eigenvalue weighted by molar-refractivity contribution is 6.30. The van der Waals surface area contributed by atoms with Crippen LogP contribution in [0.15, 0.2) is 71.7 Å². The number of hydrogen-bond donors (Lipinski definition) is 0. The van der Waals surface area contributed by atoms with E-state index in [-0.39, 0.29) is 0 Å². The summed E-state index contributed by atoms with van der Waals surface area (Å²) in [5.41, 5.74) is 6.21. The zero-order valence-corrected chi connectivity index (χ0v) is 17.4. The van der Waals surface area contributed by atoms with Crippen molar-refractivity contribution in [2.45, 2.75) is 13.5 Å². The minimum absolute atomic E-state index is 0.464. The number of rotatable bonds is 3. The lowest BCUT2D eigenvalue weighted by molar-refractivity contribution is 0.415. The van der Waals surface area contributed by atoms with Crippen molar-refractivity contribution in [3.63, 3.8) is 0 Å². The van der Waals surface area contributed by atoms with Gasteiger partial charge >= 0.3 is 0 Å². The van der Waals surface area contributed by atoms with E-state index in [9.17, 15) is 0 Å². The molecular weight excluding hydrogens is 396 g/mol. The summed E-state index contributed by atoms with van der Waals surface area (Å²) in [6, 6.07) is 22.3. The highest BCUT2D eigenvalue weighted by Gasteiger charge is 2.22. The van der Waals surface area contributed by atoms with E-state index in [0.717, 1.165) is 51.1 Å². The average molecular weight is 415 g/mol. The predicted molar refractivity (Wildman–Crippen MR) is 119 cm³/mol. The van der Waals surface area contributed by atoms with Crippen molar-refractivity contribution in [3.8, 4) is 22.6 Å². The second-order valence-corrected chi connectivity index (χ2v) is 7.57. The van der Waals surface area contributed by atoms with Gasteiger partial charge in [0, 0.05) is 16.1 Å². The van der Waals surface area contributed by atoms with Gasteiger partial charge < -0.3 is 4.74 Å². The molecule has 0 fully saturated rings. The maximum atomic E-state index is 6.12. The molecule has 2 heterocycles. The summed E-state index contributed by atoms with van der Waals surface area (Å²) >= 11 is 6.12. The molecule has 0 amide bonds. The van der Waals surface area contributed by atoms with Gasteiger partial charge in [0.05, 0.1) is 18.5 Å². The minimum atomic E-state index is 0.464. The van der Waals surface area contributed by atoms with Crippen molar-refractivity contribution < 1.29 is 4.74 Å². The van der Waals surface area contributed by atoms with E-state index in [4.69, 9.17) is 21.3 Å². The van der Waals surface area contributed by atoms with Gasteiger partial charge in [-0.15, -0.1) is 10.2 Å². The number of aliphatic imine (C=N–C) groups is 1. The van der Waals surface area contributed by atoms with Crippen LogP contribution in [-0.2, 0) is 6.54 Å². The summed E-state index contributed by atoms with van der Waals surface area (Å²) in [4.78, 5) is 4.91. The van der Waals surface area contributed by atoms with Crippen molar-refractivity contribution >= 4 is 17.3 Å². The average Bonchev–Trinajstić information content (AvgIpc) is 3.06. The largest absolute Gasteiger partial charge is 0.497 e. The molecule has 0 unspecified atom stereocenters. The van der Waals surface area contributed by atoms with Gasteiger partial charge in [-0.25, -0.2) is 0 Å². The maximum Gasteiger partial charge on any atom is 0.159 e. The first kappa shape index (κ1) is 18.6. The van der Waals surface area contributed by atoms with Gasteiger partial charge in [-0.1, -0.05) is 41.9 Å². The highest BCUT2D eigenvalue weighted by atomic mass is 35.5. The minimum Gasteiger partial charge on any atom is -0.497 e. The molecule has 0 aliphatic carbocycles. The lowest BCUT2D eigenvalue weighted by Gasteiger charge is -2.15. The van der Waals surface area contributed by atoms with Crippen LogP contribution in [0.2, 0.25) is 5.02 Å². The summed E-state index contributed by atoms with van der Waals surface area (Å²) in [5, 5.41) is 9.29. The third-order valence-electron chi connectivity index (χ3n) is 5.30. The van der Waals surface area contributed by atoms with Gasteiger partial charge in [0.15, 0.2) is 5.82 Å². The molecule has 4 aromatic rings. The number of nitrogens with zero attached hydrogens (tertiary/aromatic N) is 4. The molecule has 0 spiro atoms. The Morgan fingerprint density at radius 3 is 2.30 bits per heavy atom. The van der Waals surface area contributed by atoms with Crippen LogP contribution in [0.3, 0.4) is 0 Å². The zero-order chi connectivity index (χ0) is 20.7. The Kier molecular flexibility index (Phi) is 4.60. The Balaban J connectivity index is 1.71. The fraction of sp³-hybridized carbons (Fsp3) is 0.125. The fourth-order valence-corrected chi connectivity index (χ4v) is 3.92. The number of halogens is 1. The van der Waals surface area contributed by atoms with Crippen molar-refractivity contribution in [2.24, 2.45) is 4.99 Å². The Labute approximate surface area is 179 Å². The Morgan fingerprint density at radius 2 is 1.57 bits per heavy atom. The first-order valence-corrected chi connectivity index (χ1v) is 10.0. The predicted octanol–water partition coefficient (Wildman–Crippen LogP) is 5.26. The SMILES string of the molecule is COc1ccc(-c2ccc3c(c2)C(c2ccc(Cl)cc2)=NCc2nnc(C)n2-3)cc1. The first-order valence-electron chi connectivity index (χ1n) is 9.64. The fourth-order valence-electron chi connectivity index (χ4n) is 3.80. The molecule has 5 rings (SSSR count). The molecule has 0 radical (unpaired) electrons. The number of ether oxygens (including phenoxy) is 1. The molecule has 1 aliphatic heterocycles. The van der Waals surface area contributed by atoms with Crippen molar-refractivity contribution in [3.05, 3.63) is 94.5 Å². The van der Waals surface area contributed by atoms with Gasteiger partial charge in [0.2, 0.25) is 0 Å². The molecule has 148 valence electrons. The second-order valence-electron chi connectivity index (χ2n) is 7.13. The van der Waals surface area contributed by atoms with E-state index in [1.165, 1.54) is 0 Å². The summed E-state index contributed by atoms with van der Waals surface area (Å²) in [7, 11) is 1.67. The lowest BCUT2D eigenvalue weighted by Crippen LogP contribution is -2.08. The normalized spacial score (nSPS) is 12.6. The van der Waals surface area contributed by atoms with Crippen LogP contribution >= 0.6 is 11.6 Å². The molecule has 30 heavy (non-hydrogen) atoms. The van der Waals surface area contributed by atoms with Crippen molar-refractivity contribution in [1.82, 2.24) is 14.8 Å². The third-order valence-corrected chi connectivity index (χ3v) is 5.56. The zero-order valence-electron chi connectivity index (χ0n) is 16.6. The Bertz CT molecular complexity index is 1260. The molecule has 0 atom stereocenters. The van der Waals surface area contributed by atoms with Crippen LogP contribution in [0, 0.1) is 6.92 Å². The molecule has 0 bridgehead atoms. The van der Waals surface area contributed by atoms with Crippen LogP contribution in [0.25, 0.3) is 16.8 Å². The van der Waals surface area contributed by atoms with E-state index >= 15 is 0 Å². The number of benzene rings is 3. The molecular formula is C24H19ClN4O. The third kappa shape index (κ3) is 3.17. The van der Waals surface area contributed by atoms with Gasteiger partial charge in [0.25, 0.3) is 0 Å². The molecule has 5 nitrogen and oxygen atoms in total. The summed E-state index contributed by atoms with van der Waals surface area (Å²) in [6.07, 6.45) is 0. The monoisotopic (exact) mass is 414 g/mol. The van der Waals surface area contributed by atoms with E-state index in [2.05, 4.69) is 45.1 Å². The van der Waals surface area contributed by atoms with E-state index in [1.54, 1.807) is 7.11 Å². The quantitative estimate of drug-likeness (QED) is 0.459. The molecule has 3 aromatic carbocycles. The first-order chi connectivity index (χ1) is 14.6. The topological polar surface area (TPSA) is 52.3 Å². The van der Waals surface area contributed by atoms with E-state index in [1.807, 2.05) is 43.3 Å². The number of aromatic nitrogens is 3. The molecule has 0 N–H and O–H groups in total. The van der Waals surface area contributed by atoms with E-state index in [0.29, 0.717) is 11.6 Å². The molecule has 0 saturated carbocycles. The molecule has 1 aromatic heterocycles. The Hall–Kier alpha value is -3.44. The van der Waals surface area contributed by atoms with Gasteiger partial charge in [0.1, 0.15) is 18.1 Å². The number of aryl methyl sites for hydroxylation is 1. The van der Waals surface area contributed by atoms with Gasteiger partial charge in [-0.05, 0) is 54.4 Å². The maximum absolute atomic E-state index is 6.12. The number of fused-ring (bicyclic) bond motifs is 3. The van der Waals surface area contributed by atoms with Crippen LogP contribution in [0.4, 0.5) is 0 Å². The van der Waals surface area contributed by atoms with Gasteiger partial charge in [-0.2, -0.15) is 0 Å². The highest BCUT2D eigenvalue weighted by Crippen LogP contribution is 2.31. The molecule has 1 aliphatic rings. The Morgan fingerprint density at radius 1 is 0.867 bits per heavy atom. The van der Waals surface area contributed by atoms with Crippen molar-refractivity contribution in [1.29, 1.82) is 0 Å². The van der Waals surface area contributed by atoms with Crippen LogP contribution in [0.5, 0.6) is 5.75 Å². The summed E-state index contributed by atoms with van der Waals surface area (Å²) < 4.78 is 7.38. The lowest BCUT2D eigenvalue weighted by atomic mass is 9.95. The van der Waals surface area contributed by atoms with Crippen LogP contribution < -0.4 is 4.74 Å². The van der Waals surface area contributed by atoms with E-state index < -0.39 is 0 Å². The van der Waals surface area contributed by atoms with Crippen LogP contribution in [0.1, 0.15) is 22.8 Å². The summed E-state index contributed by atoms with van der Waals surface area (Å²) in [6.45, 7) is 2.43. The second kappa shape index (κ2) is 7.43.